The van der Waals surface area contributed by atoms with Crippen molar-refractivity contribution in [3.8, 4) is 17.6 Å². The van der Waals surface area contributed by atoms with E-state index in [2.05, 4.69) is 0 Å². The Hall–Kier alpha value is -2.65. The van der Waals surface area contributed by atoms with E-state index in [1.54, 1.807) is 0 Å². The van der Waals surface area contributed by atoms with Gasteiger partial charge in [-0.2, -0.15) is 5.26 Å². The maximum atomic E-state index is 13.1. The van der Waals surface area contributed by atoms with Gasteiger partial charge in [-0.15, -0.1) is 11.6 Å². The maximum Gasteiger partial charge on any atom is 0.312 e. The molecule has 106 valence electrons. The highest BCUT2D eigenvalue weighted by Crippen LogP contribution is 2.34. The van der Waals surface area contributed by atoms with Crippen molar-refractivity contribution in [2.24, 2.45) is 0 Å². The fourth-order valence-electron chi connectivity index (χ4n) is 1.69. The Bertz CT molecular complexity index is 743. The average Bonchev–Trinajstić information content (AvgIpc) is 2.49. The van der Waals surface area contributed by atoms with Gasteiger partial charge in [0.1, 0.15) is 11.6 Å². The van der Waals surface area contributed by atoms with Crippen LogP contribution >= 0.6 is 11.6 Å². The van der Waals surface area contributed by atoms with Gasteiger partial charge in [-0.3, -0.25) is 10.1 Å². The highest BCUT2D eigenvalue weighted by molar-refractivity contribution is 6.17. The Morgan fingerprint density at radius 1 is 1.29 bits per heavy atom. The van der Waals surface area contributed by atoms with Crippen molar-refractivity contribution < 1.29 is 14.1 Å². The lowest BCUT2D eigenvalue weighted by Crippen LogP contribution is -1.96. The molecule has 2 aromatic carbocycles. The molecular weight excluding hydrogens is 299 g/mol. The third-order valence-electron chi connectivity index (χ3n) is 2.67. The highest BCUT2D eigenvalue weighted by Gasteiger charge is 2.18. The monoisotopic (exact) mass is 306 g/mol. The summed E-state index contributed by atoms with van der Waals surface area (Å²) >= 11 is 5.70. The molecule has 5 nitrogen and oxygen atoms in total. The maximum absolute atomic E-state index is 13.1. The molecule has 0 saturated carbocycles. The second-order valence-corrected chi connectivity index (χ2v) is 4.31. The van der Waals surface area contributed by atoms with Gasteiger partial charge >= 0.3 is 5.69 Å². The van der Waals surface area contributed by atoms with Crippen LogP contribution in [-0.4, -0.2) is 4.92 Å². The topological polar surface area (TPSA) is 76.2 Å². The Labute approximate surface area is 124 Å². The van der Waals surface area contributed by atoms with E-state index in [-0.39, 0.29) is 28.6 Å². The second-order valence-electron chi connectivity index (χ2n) is 4.04. The lowest BCUT2D eigenvalue weighted by molar-refractivity contribution is -0.385. The SMILES string of the molecule is N#Cc1ccc(Oc2ccc(F)cc2CCl)c([N+](=O)[O-])c1. The van der Waals surface area contributed by atoms with Gasteiger partial charge in [0.05, 0.1) is 22.4 Å². The van der Waals surface area contributed by atoms with Crippen LogP contribution in [0.4, 0.5) is 10.1 Å². The van der Waals surface area contributed by atoms with Crippen molar-refractivity contribution in [3.05, 3.63) is 63.5 Å². The number of nitro groups is 1. The first-order valence-electron chi connectivity index (χ1n) is 5.76. The van der Waals surface area contributed by atoms with Crippen LogP contribution in [0.1, 0.15) is 11.1 Å². The first-order chi connectivity index (χ1) is 10.0. The van der Waals surface area contributed by atoms with Crippen molar-refractivity contribution in [1.82, 2.24) is 0 Å². The van der Waals surface area contributed by atoms with Crippen molar-refractivity contribution in [2.75, 3.05) is 0 Å². The molecule has 0 fully saturated rings. The predicted octanol–water partition coefficient (Wildman–Crippen LogP) is 4.14. The van der Waals surface area contributed by atoms with Crippen molar-refractivity contribution in [2.45, 2.75) is 5.88 Å². The van der Waals surface area contributed by atoms with Gasteiger partial charge in [-0.05, 0) is 30.3 Å². The summed E-state index contributed by atoms with van der Waals surface area (Å²) in [5, 5.41) is 19.8. The summed E-state index contributed by atoms with van der Waals surface area (Å²) in [6, 6.07) is 9.34. The molecule has 7 heteroatoms. The Morgan fingerprint density at radius 3 is 2.62 bits per heavy atom. The van der Waals surface area contributed by atoms with Crippen molar-refractivity contribution in [1.29, 1.82) is 5.26 Å². The van der Waals surface area contributed by atoms with Crippen LogP contribution in [0.15, 0.2) is 36.4 Å². The van der Waals surface area contributed by atoms with Crippen molar-refractivity contribution >= 4 is 17.3 Å². The summed E-state index contributed by atoms with van der Waals surface area (Å²) in [5.41, 5.74) is 0.167. The number of hydrogen-bond acceptors (Lipinski definition) is 4. The lowest BCUT2D eigenvalue weighted by atomic mass is 10.2. The minimum atomic E-state index is -0.653. The molecule has 0 bridgehead atoms. The van der Waals surface area contributed by atoms with E-state index in [0.29, 0.717) is 5.56 Å². The number of alkyl halides is 1. The van der Waals surface area contributed by atoms with Gasteiger partial charge in [0, 0.05) is 11.6 Å². The molecule has 0 aliphatic rings. The van der Waals surface area contributed by atoms with E-state index < -0.39 is 10.7 Å². The highest BCUT2D eigenvalue weighted by atomic mass is 35.5. The van der Waals surface area contributed by atoms with E-state index in [1.165, 1.54) is 30.3 Å². The van der Waals surface area contributed by atoms with Gasteiger partial charge in [-0.25, -0.2) is 4.39 Å². The molecule has 0 amide bonds. The van der Waals surface area contributed by atoms with Crippen LogP contribution in [-0.2, 0) is 5.88 Å². The second kappa shape index (κ2) is 6.20. The number of nitro benzene ring substituents is 1. The van der Waals surface area contributed by atoms with Crippen LogP contribution < -0.4 is 4.74 Å². The van der Waals surface area contributed by atoms with Crippen LogP contribution in [0.5, 0.6) is 11.5 Å². The Morgan fingerprint density at radius 2 is 2.00 bits per heavy atom. The fourth-order valence-corrected chi connectivity index (χ4v) is 1.90. The number of nitrogens with zero attached hydrogens (tertiary/aromatic N) is 2. The third-order valence-corrected chi connectivity index (χ3v) is 2.96. The molecule has 0 radical (unpaired) electrons. The van der Waals surface area contributed by atoms with E-state index in [1.807, 2.05) is 6.07 Å². The van der Waals surface area contributed by atoms with E-state index in [0.717, 1.165) is 6.07 Å². The average molecular weight is 307 g/mol. The Kier molecular flexibility index (Phi) is 4.36. The Balaban J connectivity index is 2.45. The molecule has 0 heterocycles. The van der Waals surface area contributed by atoms with Crippen LogP contribution in [0.3, 0.4) is 0 Å². The van der Waals surface area contributed by atoms with Gasteiger partial charge in [0.15, 0.2) is 0 Å². The summed E-state index contributed by atoms with van der Waals surface area (Å²) in [6.07, 6.45) is 0. The molecule has 0 N–H and O–H groups in total. The molecule has 0 aliphatic carbocycles. The molecule has 0 saturated heterocycles. The molecule has 0 spiro atoms. The molecule has 2 rings (SSSR count). The fraction of sp³-hybridized carbons (Fsp3) is 0.0714. The van der Waals surface area contributed by atoms with Crippen LogP contribution in [0.2, 0.25) is 0 Å². The smallest absolute Gasteiger partial charge is 0.312 e. The zero-order valence-corrected chi connectivity index (χ0v) is 11.3. The molecule has 0 unspecified atom stereocenters. The summed E-state index contributed by atoms with van der Waals surface area (Å²) in [7, 11) is 0. The van der Waals surface area contributed by atoms with Gasteiger partial charge in [0.25, 0.3) is 0 Å². The number of halogens is 2. The first kappa shape index (κ1) is 14.8. The van der Waals surface area contributed by atoms with Gasteiger partial charge < -0.3 is 4.74 Å². The lowest BCUT2D eigenvalue weighted by Gasteiger charge is -2.10. The minimum absolute atomic E-state index is 0.00281. The summed E-state index contributed by atoms with van der Waals surface area (Å²) in [4.78, 5) is 10.4. The van der Waals surface area contributed by atoms with Gasteiger partial charge in [0.2, 0.25) is 5.75 Å². The summed E-state index contributed by atoms with van der Waals surface area (Å²) in [6.45, 7) is 0. The van der Waals surface area contributed by atoms with Gasteiger partial charge in [-0.1, -0.05) is 0 Å². The number of rotatable bonds is 4. The molecule has 2 aromatic rings. The molecule has 0 aromatic heterocycles. The van der Waals surface area contributed by atoms with E-state index in [9.17, 15) is 14.5 Å². The van der Waals surface area contributed by atoms with E-state index >= 15 is 0 Å². The molecule has 0 atom stereocenters. The molecule has 21 heavy (non-hydrogen) atoms. The van der Waals surface area contributed by atoms with Crippen molar-refractivity contribution in [3.63, 3.8) is 0 Å². The first-order valence-corrected chi connectivity index (χ1v) is 6.29. The summed E-state index contributed by atoms with van der Waals surface area (Å²) < 4.78 is 18.6. The number of benzene rings is 2. The van der Waals surface area contributed by atoms with Crippen LogP contribution in [0, 0.1) is 27.3 Å². The largest absolute Gasteiger partial charge is 0.450 e. The number of hydrogen-bond donors (Lipinski definition) is 0. The third kappa shape index (κ3) is 3.27. The molecular formula is C14H8ClFN2O3. The number of nitriles is 1. The number of ether oxygens (including phenoxy) is 1. The minimum Gasteiger partial charge on any atom is -0.450 e. The standard InChI is InChI=1S/C14H8ClFN2O3/c15-7-10-6-11(16)2-4-13(10)21-14-3-1-9(8-17)5-12(14)18(19)20/h1-6H,7H2. The zero-order chi connectivity index (χ0) is 15.4. The van der Waals surface area contributed by atoms with Crippen LogP contribution in [0.25, 0.3) is 0 Å². The normalized spacial score (nSPS) is 9.95. The molecule has 0 aliphatic heterocycles. The van der Waals surface area contributed by atoms with E-state index in [4.69, 9.17) is 21.6 Å². The zero-order valence-electron chi connectivity index (χ0n) is 10.5. The quantitative estimate of drug-likeness (QED) is 0.483. The predicted molar refractivity (Wildman–Crippen MR) is 73.8 cm³/mol. The summed E-state index contributed by atoms with van der Waals surface area (Å²) in [5.74, 6) is -0.305.